The van der Waals surface area contributed by atoms with Crippen LogP contribution < -0.4 is 17.0 Å². The molecule has 0 aliphatic heterocycles. The van der Waals surface area contributed by atoms with Crippen LogP contribution in [0.25, 0.3) is 0 Å². The van der Waals surface area contributed by atoms with Crippen molar-refractivity contribution in [1.29, 1.82) is 0 Å². The summed E-state index contributed by atoms with van der Waals surface area (Å²) >= 11 is 1.71. The van der Waals surface area contributed by atoms with Crippen molar-refractivity contribution in [1.82, 2.24) is 10.4 Å². The maximum Gasteiger partial charge on any atom is 0.233 e. The summed E-state index contributed by atoms with van der Waals surface area (Å²) in [5.41, 5.74) is 7.59. The van der Waals surface area contributed by atoms with E-state index in [1.165, 1.54) is 0 Å². The van der Waals surface area contributed by atoms with Crippen molar-refractivity contribution < 1.29 is 4.79 Å². The van der Waals surface area contributed by atoms with Crippen LogP contribution in [-0.4, -0.2) is 16.6 Å². The first kappa shape index (κ1) is 12.8. The molecule has 1 amide bonds. The Morgan fingerprint density at radius 2 is 2.25 bits per heavy atom. The van der Waals surface area contributed by atoms with Crippen molar-refractivity contribution in [3.05, 3.63) is 18.3 Å². The summed E-state index contributed by atoms with van der Waals surface area (Å²) in [4.78, 5) is 15.9. The van der Waals surface area contributed by atoms with Crippen molar-refractivity contribution in [3.63, 3.8) is 0 Å². The topological polar surface area (TPSA) is 94.0 Å². The number of amides is 1. The van der Waals surface area contributed by atoms with Crippen molar-refractivity contribution in [2.45, 2.75) is 24.2 Å². The second-order valence-electron chi connectivity index (χ2n) is 3.29. The molecule has 6 heteroatoms. The minimum atomic E-state index is -0.112. The summed E-state index contributed by atoms with van der Waals surface area (Å²) in [5.74, 6) is 6.35. The SMILES string of the molecule is NNC(=O)CCCCSc1ccc(N)nc1. The Labute approximate surface area is 99.0 Å². The molecule has 0 unspecified atom stereocenters. The zero-order valence-electron chi connectivity index (χ0n) is 8.98. The molecule has 88 valence electrons. The summed E-state index contributed by atoms with van der Waals surface area (Å²) in [6.07, 6.45) is 4.06. The Morgan fingerprint density at radius 1 is 1.44 bits per heavy atom. The van der Waals surface area contributed by atoms with Gasteiger partial charge >= 0.3 is 0 Å². The average molecular weight is 240 g/mol. The maximum atomic E-state index is 10.8. The summed E-state index contributed by atoms with van der Waals surface area (Å²) in [6.45, 7) is 0. The number of aromatic nitrogens is 1. The van der Waals surface area contributed by atoms with E-state index in [1.807, 2.05) is 6.07 Å². The summed E-state index contributed by atoms with van der Waals surface area (Å²) in [7, 11) is 0. The van der Waals surface area contributed by atoms with E-state index in [4.69, 9.17) is 11.6 Å². The van der Waals surface area contributed by atoms with Crippen molar-refractivity contribution in [2.24, 2.45) is 5.84 Å². The molecular weight excluding hydrogens is 224 g/mol. The largest absolute Gasteiger partial charge is 0.384 e. The number of pyridine rings is 1. The molecule has 1 heterocycles. The third kappa shape index (κ3) is 4.99. The van der Waals surface area contributed by atoms with E-state index < -0.39 is 0 Å². The number of nitrogens with two attached hydrogens (primary N) is 2. The summed E-state index contributed by atoms with van der Waals surface area (Å²) in [6, 6.07) is 3.73. The number of hydrazine groups is 1. The molecule has 1 rings (SSSR count). The summed E-state index contributed by atoms with van der Waals surface area (Å²) in [5, 5.41) is 0. The number of nitrogens with one attached hydrogen (secondary N) is 1. The van der Waals surface area contributed by atoms with Gasteiger partial charge in [-0.15, -0.1) is 11.8 Å². The van der Waals surface area contributed by atoms with Crippen molar-refractivity contribution in [3.8, 4) is 0 Å². The number of nitrogens with zero attached hydrogens (tertiary/aromatic N) is 1. The zero-order valence-corrected chi connectivity index (χ0v) is 9.80. The number of carbonyl (C=O) groups excluding carboxylic acids is 1. The van der Waals surface area contributed by atoms with Crippen LogP contribution in [0.3, 0.4) is 0 Å². The van der Waals surface area contributed by atoms with Gasteiger partial charge in [-0.25, -0.2) is 10.8 Å². The van der Waals surface area contributed by atoms with Gasteiger partial charge in [-0.05, 0) is 30.7 Å². The van der Waals surface area contributed by atoms with E-state index in [2.05, 4.69) is 10.4 Å². The summed E-state index contributed by atoms with van der Waals surface area (Å²) < 4.78 is 0. The average Bonchev–Trinajstić information content (AvgIpc) is 2.31. The first-order chi connectivity index (χ1) is 7.72. The fourth-order valence-corrected chi connectivity index (χ4v) is 2.00. The van der Waals surface area contributed by atoms with Gasteiger partial charge in [-0.3, -0.25) is 10.2 Å². The number of hydrogen-bond donors (Lipinski definition) is 3. The van der Waals surface area contributed by atoms with Gasteiger partial charge in [0.05, 0.1) is 0 Å². The van der Waals surface area contributed by atoms with Crippen LogP contribution in [0.4, 0.5) is 5.82 Å². The molecule has 0 aromatic carbocycles. The van der Waals surface area contributed by atoms with Crippen LogP contribution in [0.1, 0.15) is 19.3 Å². The van der Waals surface area contributed by atoms with Crippen molar-refractivity contribution in [2.75, 3.05) is 11.5 Å². The predicted octanol–water partition coefficient (Wildman–Crippen LogP) is 0.916. The van der Waals surface area contributed by atoms with E-state index in [0.29, 0.717) is 12.2 Å². The molecule has 0 bridgehead atoms. The lowest BCUT2D eigenvalue weighted by atomic mass is 10.2. The number of unbranched alkanes of at least 4 members (excludes halogenated alkanes) is 1. The highest BCUT2D eigenvalue weighted by atomic mass is 32.2. The molecular formula is C10H16N4OS. The van der Waals surface area contributed by atoms with Crippen LogP contribution >= 0.6 is 11.8 Å². The monoisotopic (exact) mass is 240 g/mol. The van der Waals surface area contributed by atoms with E-state index in [9.17, 15) is 4.79 Å². The minimum Gasteiger partial charge on any atom is -0.384 e. The zero-order chi connectivity index (χ0) is 11.8. The number of carbonyl (C=O) groups is 1. The maximum absolute atomic E-state index is 10.8. The molecule has 0 saturated heterocycles. The van der Waals surface area contributed by atoms with Crippen LogP contribution in [0.5, 0.6) is 0 Å². The Hall–Kier alpha value is -1.27. The molecule has 0 radical (unpaired) electrons. The van der Waals surface area contributed by atoms with Gasteiger partial charge in [-0.1, -0.05) is 0 Å². The Morgan fingerprint density at radius 3 is 2.88 bits per heavy atom. The van der Waals surface area contributed by atoms with Gasteiger partial charge < -0.3 is 5.73 Å². The molecule has 1 aromatic rings. The van der Waals surface area contributed by atoms with E-state index in [1.54, 1.807) is 24.0 Å². The number of thioether (sulfide) groups is 1. The lowest BCUT2D eigenvalue weighted by Crippen LogP contribution is -2.29. The van der Waals surface area contributed by atoms with Gasteiger partial charge in [0.1, 0.15) is 5.82 Å². The highest BCUT2D eigenvalue weighted by molar-refractivity contribution is 7.99. The number of hydrogen-bond acceptors (Lipinski definition) is 5. The van der Waals surface area contributed by atoms with E-state index in [0.717, 1.165) is 23.5 Å². The molecule has 0 aliphatic carbocycles. The van der Waals surface area contributed by atoms with Gasteiger partial charge in [-0.2, -0.15) is 0 Å². The number of nitrogen functional groups attached to an aromatic ring is 1. The standard InChI is InChI=1S/C10H16N4OS/c11-9-5-4-8(7-13-9)16-6-2-1-3-10(15)14-12/h4-5,7H,1-3,6,12H2,(H2,11,13)(H,14,15). The number of anilines is 1. The fourth-order valence-electron chi connectivity index (χ4n) is 1.13. The Bertz CT molecular complexity index is 328. The van der Waals surface area contributed by atoms with Gasteiger partial charge in [0, 0.05) is 17.5 Å². The highest BCUT2D eigenvalue weighted by Gasteiger charge is 1.98. The van der Waals surface area contributed by atoms with Crippen LogP contribution in [0, 0.1) is 0 Å². The molecule has 5 nitrogen and oxygen atoms in total. The first-order valence-corrected chi connectivity index (χ1v) is 6.04. The highest BCUT2D eigenvalue weighted by Crippen LogP contribution is 2.18. The van der Waals surface area contributed by atoms with E-state index >= 15 is 0 Å². The molecule has 0 atom stereocenters. The van der Waals surface area contributed by atoms with Gasteiger partial charge in [0.25, 0.3) is 0 Å². The van der Waals surface area contributed by atoms with Crippen molar-refractivity contribution >= 4 is 23.5 Å². The lowest BCUT2D eigenvalue weighted by Gasteiger charge is -2.01. The third-order valence-corrected chi connectivity index (χ3v) is 3.05. The minimum absolute atomic E-state index is 0.112. The van der Waals surface area contributed by atoms with E-state index in [-0.39, 0.29) is 5.91 Å². The Kier molecular flexibility index (Phi) is 5.66. The smallest absolute Gasteiger partial charge is 0.233 e. The molecule has 0 saturated carbocycles. The third-order valence-electron chi connectivity index (χ3n) is 1.99. The van der Waals surface area contributed by atoms with Crippen LogP contribution in [-0.2, 0) is 4.79 Å². The van der Waals surface area contributed by atoms with Crippen LogP contribution in [0.2, 0.25) is 0 Å². The van der Waals surface area contributed by atoms with Crippen LogP contribution in [0.15, 0.2) is 23.2 Å². The molecule has 0 aliphatic rings. The molecule has 16 heavy (non-hydrogen) atoms. The van der Waals surface area contributed by atoms with Gasteiger partial charge in [0.2, 0.25) is 5.91 Å². The molecule has 0 fully saturated rings. The van der Waals surface area contributed by atoms with Gasteiger partial charge in [0.15, 0.2) is 0 Å². The predicted molar refractivity (Wildman–Crippen MR) is 65.6 cm³/mol. The second-order valence-corrected chi connectivity index (χ2v) is 4.46. The molecule has 1 aromatic heterocycles. The number of rotatable bonds is 6. The lowest BCUT2D eigenvalue weighted by molar-refractivity contribution is -0.121. The quantitative estimate of drug-likeness (QED) is 0.226. The normalized spacial score (nSPS) is 10.1. The molecule has 0 spiro atoms. The fraction of sp³-hybridized carbons (Fsp3) is 0.400. The first-order valence-electron chi connectivity index (χ1n) is 5.06. The Balaban J connectivity index is 2.11. The molecule has 5 N–H and O–H groups in total. The second kappa shape index (κ2) is 7.08.